The van der Waals surface area contributed by atoms with Crippen molar-refractivity contribution >= 4 is 17.6 Å². The van der Waals surface area contributed by atoms with E-state index in [4.69, 9.17) is 9.47 Å². The minimum atomic E-state index is -0.260. The molecule has 31 heavy (non-hydrogen) atoms. The molecule has 1 aliphatic heterocycles. The van der Waals surface area contributed by atoms with Gasteiger partial charge in [-0.3, -0.25) is 9.79 Å². The molecule has 2 aromatic rings. The second-order valence-corrected chi connectivity index (χ2v) is 7.42. The Morgan fingerprint density at radius 3 is 2.74 bits per heavy atom. The highest BCUT2D eigenvalue weighted by Gasteiger charge is 2.28. The predicted molar refractivity (Wildman–Crippen MR) is 119 cm³/mol. The van der Waals surface area contributed by atoms with Crippen molar-refractivity contribution in [2.75, 3.05) is 38.6 Å². The van der Waals surface area contributed by atoms with E-state index in [1.54, 1.807) is 25.2 Å². The van der Waals surface area contributed by atoms with Crippen LogP contribution in [0.5, 0.6) is 5.75 Å². The summed E-state index contributed by atoms with van der Waals surface area (Å²) < 4.78 is 25.1. The quantitative estimate of drug-likeness (QED) is 0.420. The van der Waals surface area contributed by atoms with Gasteiger partial charge >= 0.3 is 0 Å². The van der Waals surface area contributed by atoms with Crippen LogP contribution in [0.4, 0.5) is 10.1 Å². The standard InChI is InChI=1S/C23H29FN4O3/c1-16-14-28(15-22(31-16)18-7-9-19(24)10-8-18)23(25-3)26-11-12-30-21-6-4-5-20(13-21)27-17(2)29/h4-10,13,16,22H,11-12,14-15H2,1-3H3,(H,25,26)(H,27,29). The summed E-state index contributed by atoms with van der Waals surface area (Å²) in [5, 5.41) is 6.06. The SMILES string of the molecule is CN=C(NCCOc1cccc(NC(C)=O)c1)N1CC(C)OC(c2ccc(F)cc2)C1. The van der Waals surface area contributed by atoms with Gasteiger partial charge in [-0.25, -0.2) is 4.39 Å². The number of anilines is 1. The Bertz CT molecular complexity index is 904. The van der Waals surface area contributed by atoms with Gasteiger partial charge in [0.15, 0.2) is 5.96 Å². The van der Waals surface area contributed by atoms with Crippen molar-refractivity contribution in [3.63, 3.8) is 0 Å². The van der Waals surface area contributed by atoms with E-state index in [-0.39, 0.29) is 23.9 Å². The molecule has 1 aliphatic rings. The molecular formula is C23H29FN4O3. The lowest BCUT2D eigenvalue weighted by atomic mass is 10.1. The number of guanidine groups is 1. The number of nitrogens with zero attached hydrogens (tertiary/aromatic N) is 2. The lowest BCUT2D eigenvalue weighted by Crippen LogP contribution is -2.51. The number of aliphatic imine (C=N–C) groups is 1. The largest absolute Gasteiger partial charge is 0.492 e. The number of hydrogen-bond donors (Lipinski definition) is 2. The zero-order valence-electron chi connectivity index (χ0n) is 18.1. The molecule has 2 unspecified atom stereocenters. The van der Waals surface area contributed by atoms with Crippen LogP contribution in [0.1, 0.15) is 25.5 Å². The van der Waals surface area contributed by atoms with Gasteiger partial charge in [0, 0.05) is 32.3 Å². The van der Waals surface area contributed by atoms with Gasteiger partial charge in [-0.1, -0.05) is 18.2 Å². The van der Waals surface area contributed by atoms with Gasteiger partial charge in [0.2, 0.25) is 5.91 Å². The molecule has 0 saturated carbocycles. The first-order valence-corrected chi connectivity index (χ1v) is 10.3. The maximum Gasteiger partial charge on any atom is 0.221 e. The van der Waals surface area contributed by atoms with E-state index >= 15 is 0 Å². The summed E-state index contributed by atoms with van der Waals surface area (Å²) in [6.45, 7) is 5.80. The van der Waals surface area contributed by atoms with E-state index in [1.165, 1.54) is 19.1 Å². The average molecular weight is 429 g/mol. The van der Waals surface area contributed by atoms with Gasteiger partial charge in [0.05, 0.1) is 19.2 Å². The molecule has 2 aromatic carbocycles. The molecule has 8 heteroatoms. The van der Waals surface area contributed by atoms with Crippen LogP contribution in [0, 0.1) is 5.82 Å². The van der Waals surface area contributed by atoms with Crippen LogP contribution in [0.3, 0.4) is 0 Å². The zero-order chi connectivity index (χ0) is 22.2. The van der Waals surface area contributed by atoms with Gasteiger partial charge in [-0.2, -0.15) is 0 Å². The normalized spacial score (nSPS) is 19.1. The minimum absolute atomic E-state index is 0.00937. The monoisotopic (exact) mass is 428 g/mol. The van der Waals surface area contributed by atoms with Crippen molar-refractivity contribution in [3.05, 3.63) is 59.9 Å². The molecule has 1 amide bonds. The van der Waals surface area contributed by atoms with Crippen LogP contribution in [-0.2, 0) is 9.53 Å². The summed E-state index contributed by atoms with van der Waals surface area (Å²) in [4.78, 5) is 17.7. The zero-order valence-corrected chi connectivity index (χ0v) is 18.1. The van der Waals surface area contributed by atoms with Crippen LogP contribution >= 0.6 is 0 Å². The molecule has 2 atom stereocenters. The predicted octanol–water partition coefficient (Wildman–Crippen LogP) is 3.20. The third kappa shape index (κ3) is 6.68. The summed E-state index contributed by atoms with van der Waals surface area (Å²) in [5.41, 5.74) is 1.64. The third-order valence-electron chi connectivity index (χ3n) is 4.82. The number of nitrogens with one attached hydrogen (secondary N) is 2. The fourth-order valence-electron chi connectivity index (χ4n) is 3.52. The van der Waals surface area contributed by atoms with Crippen molar-refractivity contribution in [1.82, 2.24) is 10.2 Å². The highest BCUT2D eigenvalue weighted by molar-refractivity contribution is 5.88. The highest BCUT2D eigenvalue weighted by atomic mass is 19.1. The smallest absolute Gasteiger partial charge is 0.221 e. The first-order chi connectivity index (χ1) is 14.9. The molecule has 0 spiro atoms. The van der Waals surface area contributed by atoms with Gasteiger partial charge in [0.1, 0.15) is 24.3 Å². The van der Waals surface area contributed by atoms with E-state index in [1.807, 2.05) is 25.1 Å². The molecular weight excluding hydrogens is 399 g/mol. The number of amides is 1. The Labute approximate surface area is 182 Å². The molecule has 1 saturated heterocycles. The Balaban J connectivity index is 1.52. The number of hydrogen-bond acceptors (Lipinski definition) is 4. The van der Waals surface area contributed by atoms with E-state index in [0.717, 1.165) is 11.5 Å². The lowest BCUT2D eigenvalue weighted by Gasteiger charge is -2.38. The molecule has 3 rings (SSSR count). The van der Waals surface area contributed by atoms with Crippen molar-refractivity contribution < 1.29 is 18.7 Å². The summed E-state index contributed by atoms with van der Waals surface area (Å²) in [7, 11) is 1.74. The third-order valence-corrected chi connectivity index (χ3v) is 4.82. The Hall–Kier alpha value is -3.13. The van der Waals surface area contributed by atoms with Gasteiger partial charge in [-0.15, -0.1) is 0 Å². The summed E-state index contributed by atoms with van der Waals surface area (Å²) in [6.07, 6.45) is -0.147. The van der Waals surface area contributed by atoms with Gasteiger partial charge < -0.3 is 25.0 Å². The Morgan fingerprint density at radius 1 is 1.26 bits per heavy atom. The lowest BCUT2D eigenvalue weighted by molar-refractivity contribution is -0.114. The molecule has 166 valence electrons. The number of carbonyl (C=O) groups is 1. The summed E-state index contributed by atoms with van der Waals surface area (Å²) in [5.74, 6) is 1.06. The number of carbonyl (C=O) groups excluding carboxylic acids is 1. The molecule has 0 bridgehead atoms. The van der Waals surface area contributed by atoms with Crippen molar-refractivity contribution in [1.29, 1.82) is 0 Å². The molecule has 1 fully saturated rings. The maximum absolute atomic E-state index is 13.3. The molecule has 7 nitrogen and oxygen atoms in total. The number of rotatable bonds is 6. The van der Waals surface area contributed by atoms with E-state index in [0.29, 0.717) is 37.7 Å². The maximum atomic E-state index is 13.3. The summed E-state index contributed by atoms with van der Waals surface area (Å²) >= 11 is 0. The second-order valence-electron chi connectivity index (χ2n) is 7.42. The number of halogens is 1. The highest BCUT2D eigenvalue weighted by Crippen LogP contribution is 2.25. The average Bonchev–Trinajstić information content (AvgIpc) is 2.73. The van der Waals surface area contributed by atoms with Crippen LogP contribution < -0.4 is 15.4 Å². The molecule has 0 aromatic heterocycles. The number of benzene rings is 2. The van der Waals surface area contributed by atoms with E-state index in [2.05, 4.69) is 20.5 Å². The van der Waals surface area contributed by atoms with Crippen molar-refractivity contribution in [3.8, 4) is 5.75 Å². The van der Waals surface area contributed by atoms with Crippen LogP contribution in [-0.4, -0.2) is 56.2 Å². The fourth-order valence-corrected chi connectivity index (χ4v) is 3.52. The van der Waals surface area contributed by atoms with Gasteiger partial charge in [-0.05, 0) is 36.8 Å². The van der Waals surface area contributed by atoms with Crippen LogP contribution in [0.25, 0.3) is 0 Å². The van der Waals surface area contributed by atoms with Crippen LogP contribution in [0.15, 0.2) is 53.5 Å². The number of morpholine rings is 1. The fraction of sp³-hybridized carbons (Fsp3) is 0.391. The molecule has 2 N–H and O–H groups in total. The summed E-state index contributed by atoms with van der Waals surface area (Å²) in [6, 6.07) is 13.7. The van der Waals surface area contributed by atoms with Gasteiger partial charge in [0.25, 0.3) is 0 Å². The molecule has 1 heterocycles. The Morgan fingerprint density at radius 2 is 2.03 bits per heavy atom. The van der Waals surface area contributed by atoms with E-state index < -0.39 is 0 Å². The first-order valence-electron chi connectivity index (χ1n) is 10.3. The molecule has 0 radical (unpaired) electrons. The topological polar surface area (TPSA) is 75.2 Å². The second kappa shape index (κ2) is 10.8. The first kappa shape index (κ1) is 22.6. The van der Waals surface area contributed by atoms with Crippen LogP contribution in [0.2, 0.25) is 0 Å². The van der Waals surface area contributed by atoms with Crippen molar-refractivity contribution in [2.45, 2.75) is 26.1 Å². The Kier molecular flexibility index (Phi) is 7.83. The van der Waals surface area contributed by atoms with E-state index in [9.17, 15) is 9.18 Å². The minimum Gasteiger partial charge on any atom is -0.492 e. The van der Waals surface area contributed by atoms with Crippen molar-refractivity contribution in [2.24, 2.45) is 4.99 Å². The molecule has 0 aliphatic carbocycles. The number of ether oxygens (including phenoxy) is 2.